The van der Waals surface area contributed by atoms with Gasteiger partial charge >= 0.3 is 0 Å². The van der Waals surface area contributed by atoms with Crippen LogP contribution in [0.2, 0.25) is 5.02 Å². The number of halogens is 2. The van der Waals surface area contributed by atoms with Crippen LogP contribution in [0.15, 0.2) is 42.5 Å². The van der Waals surface area contributed by atoms with Crippen molar-refractivity contribution in [3.05, 3.63) is 64.4 Å². The smallest absolute Gasteiger partial charge is 0.260 e. The lowest BCUT2D eigenvalue weighted by Gasteiger charge is -2.44. The molecule has 40 heavy (non-hydrogen) atoms. The topological polar surface area (TPSA) is 125 Å². The first-order chi connectivity index (χ1) is 19.0. The van der Waals surface area contributed by atoms with Gasteiger partial charge in [-0.2, -0.15) is 0 Å². The number of benzene rings is 2. The van der Waals surface area contributed by atoms with E-state index in [1.807, 2.05) is 13.8 Å². The lowest BCUT2D eigenvalue weighted by Crippen LogP contribution is -2.58. The standard InChI is InChI=1S/C28H30ClFN4O6/c1-16-13-34(17(2)12-33(16)14-18-3-6-20(30)7-4-18)26(37)15-40-24-8-5-19(29)9-21(24)23(35)10-22-27(38)31-11-25(36)32-28(22)39/h3-9,16-17,22H,10-15H2,1-2H3,(H,31,38)(H,32,36,39). The van der Waals surface area contributed by atoms with Gasteiger partial charge in [0.1, 0.15) is 17.5 Å². The zero-order valence-electron chi connectivity index (χ0n) is 22.1. The summed E-state index contributed by atoms with van der Waals surface area (Å²) in [6, 6.07) is 10.6. The molecular formula is C28H30ClFN4O6. The number of imide groups is 1. The van der Waals surface area contributed by atoms with Gasteiger partial charge in [-0.15, -0.1) is 0 Å². The molecule has 4 rings (SSSR count). The zero-order chi connectivity index (χ0) is 29.0. The van der Waals surface area contributed by atoms with Crippen molar-refractivity contribution in [2.75, 3.05) is 26.2 Å². The summed E-state index contributed by atoms with van der Waals surface area (Å²) in [6.45, 7) is 4.96. The Morgan fingerprint density at radius 2 is 1.75 bits per heavy atom. The van der Waals surface area contributed by atoms with E-state index in [9.17, 15) is 28.4 Å². The van der Waals surface area contributed by atoms with Crippen LogP contribution in [0.1, 0.15) is 36.2 Å². The highest BCUT2D eigenvalue weighted by Gasteiger charge is 2.35. The zero-order valence-corrected chi connectivity index (χ0v) is 22.9. The SMILES string of the molecule is CC1CN(C(=O)COc2ccc(Cl)cc2C(=O)CC2C(=O)NCC(=O)NC2=O)C(C)CN1Cc1ccc(F)cc1. The van der Waals surface area contributed by atoms with E-state index >= 15 is 0 Å². The number of nitrogens with one attached hydrogen (secondary N) is 2. The van der Waals surface area contributed by atoms with Gasteiger partial charge in [-0.1, -0.05) is 23.7 Å². The van der Waals surface area contributed by atoms with Crippen LogP contribution < -0.4 is 15.4 Å². The third-order valence-corrected chi connectivity index (χ3v) is 7.27. The van der Waals surface area contributed by atoms with Crippen molar-refractivity contribution in [1.29, 1.82) is 0 Å². The van der Waals surface area contributed by atoms with Gasteiger partial charge in [0.15, 0.2) is 12.4 Å². The van der Waals surface area contributed by atoms with Crippen LogP contribution in [-0.4, -0.2) is 77.5 Å². The Labute approximate surface area is 235 Å². The molecule has 2 aromatic rings. The number of ether oxygens (including phenoxy) is 1. The van der Waals surface area contributed by atoms with Crippen molar-refractivity contribution in [3.63, 3.8) is 0 Å². The molecule has 3 unspecified atom stereocenters. The second-order valence-electron chi connectivity index (χ2n) is 10.0. The third-order valence-electron chi connectivity index (χ3n) is 7.04. The number of hydrogen-bond donors (Lipinski definition) is 2. The molecule has 2 saturated heterocycles. The van der Waals surface area contributed by atoms with E-state index in [1.165, 1.54) is 30.3 Å². The van der Waals surface area contributed by atoms with Crippen LogP contribution in [-0.2, 0) is 25.7 Å². The molecule has 0 bridgehead atoms. The van der Waals surface area contributed by atoms with E-state index in [1.54, 1.807) is 17.0 Å². The number of hydrogen-bond acceptors (Lipinski definition) is 7. The summed E-state index contributed by atoms with van der Waals surface area (Å²) in [4.78, 5) is 66.3. The van der Waals surface area contributed by atoms with Gasteiger partial charge in [0.2, 0.25) is 17.7 Å². The fourth-order valence-corrected chi connectivity index (χ4v) is 4.99. The molecule has 0 radical (unpaired) electrons. The second-order valence-corrected chi connectivity index (χ2v) is 10.5. The van der Waals surface area contributed by atoms with Gasteiger partial charge in [0.05, 0.1) is 12.1 Å². The van der Waals surface area contributed by atoms with Crippen LogP contribution in [0.5, 0.6) is 5.75 Å². The van der Waals surface area contributed by atoms with Crippen LogP contribution in [0, 0.1) is 11.7 Å². The Kier molecular flexibility index (Phi) is 9.16. The molecule has 2 aromatic carbocycles. The Bertz CT molecular complexity index is 1320. The summed E-state index contributed by atoms with van der Waals surface area (Å²) in [7, 11) is 0. The van der Waals surface area contributed by atoms with Crippen LogP contribution >= 0.6 is 11.6 Å². The summed E-state index contributed by atoms with van der Waals surface area (Å²) >= 11 is 6.10. The van der Waals surface area contributed by atoms with Gasteiger partial charge in [-0.3, -0.25) is 34.2 Å². The highest BCUT2D eigenvalue weighted by atomic mass is 35.5. The minimum absolute atomic E-state index is 0.0157. The average molecular weight is 573 g/mol. The average Bonchev–Trinajstić information content (AvgIpc) is 3.03. The van der Waals surface area contributed by atoms with Gasteiger partial charge < -0.3 is 15.0 Å². The molecule has 0 aromatic heterocycles. The van der Waals surface area contributed by atoms with Crippen LogP contribution in [0.25, 0.3) is 0 Å². The van der Waals surface area contributed by atoms with Crippen molar-refractivity contribution >= 4 is 41.0 Å². The van der Waals surface area contributed by atoms with E-state index in [0.29, 0.717) is 19.6 Å². The summed E-state index contributed by atoms with van der Waals surface area (Å²) < 4.78 is 19.0. The van der Waals surface area contributed by atoms with E-state index in [2.05, 4.69) is 15.5 Å². The van der Waals surface area contributed by atoms with Crippen LogP contribution in [0.4, 0.5) is 4.39 Å². The molecule has 2 N–H and O–H groups in total. The predicted octanol–water partition coefficient (Wildman–Crippen LogP) is 1.94. The Morgan fingerprint density at radius 1 is 1.02 bits per heavy atom. The van der Waals surface area contributed by atoms with Gasteiger partial charge in [0, 0.05) is 43.2 Å². The molecular weight excluding hydrogens is 543 g/mol. The predicted molar refractivity (Wildman–Crippen MR) is 143 cm³/mol. The minimum Gasteiger partial charge on any atom is -0.483 e. The Morgan fingerprint density at radius 3 is 2.48 bits per heavy atom. The first-order valence-corrected chi connectivity index (χ1v) is 13.2. The summed E-state index contributed by atoms with van der Waals surface area (Å²) in [5.74, 6) is -4.75. The van der Waals surface area contributed by atoms with Gasteiger partial charge in [-0.05, 0) is 49.7 Å². The van der Waals surface area contributed by atoms with Gasteiger partial charge in [-0.25, -0.2) is 4.39 Å². The maximum absolute atomic E-state index is 13.3. The van der Waals surface area contributed by atoms with Gasteiger partial charge in [0.25, 0.3) is 5.91 Å². The minimum atomic E-state index is -1.40. The first kappa shape index (κ1) is 29.2. The highest BCUT2D eigenvalue weighted by Crippen LogP contribution is 2.26. The number of piperazine rings is 1. The molecule has 2 aliphatic heterocycles. The molecule has 2 heterocycles. The molecule has 0 saturated carbocycles. The Balaban J connectivity index is 1.39. The maximum atomic E-state index is 13.3. The summed E-state index contributed by atoms with van der Waals surface area (Å²) in [5.41, 5.74) is 0.996. The number of Topliss-reactive ketones (excluding diaryl/α,β-unsaturated/α-hetero) is 1. The maximum Gasteiger partial charge on any atom is 0.260 e. The number of nitrogens with zero attached hydrogens (tertiary/aromatic N) is 2. The lowest BCUT2D eigenvalue weighted by atomic mass is 9.96. The molecule has 2 fully saturated rings. The summed E-state index contributed by atoms with van der Waals surface area (Å²) in [6.07, 6.45) is -0.514. The number of rotatable bonds is 8. The van der Waals surface area contributed by atoms with Crippen molar-refractivity contribution < 1.29 is 33.1 Å². The highest BCUT2D eigenvalue weighted by molar-refractivity contribution is 6.31. The number of carbonyl (C=O) groups is 5. The van der Waals surface area contributed by atoms with E-state index < -0.39 is 35.8 Å². The monoisotopic (exact) mass is 572 g/mol. The van der Waals surface area contributed by atoms with Crippen molar-refractivity contribution in [3.8, 4) is 5.75 Å². The first-order valence-electron chi connectivity index (χ1n) is 12.9. The molecule has 4 amide bonds. The Hall–Kier alpha value is -3.83. The molecule has 3 atom stereocenters. The largest absolute Gasteiger partial charge is 0.483 e. The number of ketones is 1. The van der Waals surface area contributed by atoms with Crippen molar-refractivity contribution in [1.82, 2.24) is 20.4 Å². The van der Waals surface area contributed by atoms with Crippen molar-refractivity contribution in [2.45, 2.75) is 38.9 Å². The van der Waals surface area contributed by atoms with E-state index in [4.69, 9.17) is 16.3 Å². The fourth-order valence-electron chi connectivity index (χ4n) is 4.82. The molecule has 0 aliphatic carbocycles. The van der Waals surface area contributed by atoms with E-state index in [0.717, 1.165) is 5.56 Å². The molecule has 0 spiro atoms. The molecule has 212 valence electrons. The third kappa shape index (κ3) is 7.02. The van der Waals surface area contributed by atoms with Crippen molar-refractivity contribution in [2.24, 2.45) is 5.92 Å². The molecule has 12 heteroatoms. The molecule has 2 aliphatic rings. The summed E-state index contributed by atoms with van der Waals surface area (Å²) in [5, 5.41) is 4.61. The number of amides is 4. The molecule has 10 nitrogen and oxygen atoms in total. The quantitative estimate of drug-likeness (QED) is 0.281. The lowest BCUT2D eigenvalue weighted by molar-refractivity contribution is -0.139. The van der Waals surface area contributed by atoms with E-state index in [-0.39, 0.29) is 53.3 Å². The van der Waals surface area contributed by atoms with Crippen LogP contribution in [0.3, 0.4) is 0 Å². The normalized spacial score (nSPS) is 21.9. The fraction of sp³-hybridized carbons (Fsp3) is 0.393. The number of carbonyl (C=O) groups excluding carboxylic acids is 5. The second kappa shape index (κ2) is 12.6.